The molecule has 1 rings (SSSR count). The zero-order valence-corrected chi connectivity index (χ0v) is 6.37. The van der Waals surface area contributed by atoms with Crippen LogP contribution in [0.5, 0.6) is 0 Å². The first-order chi connectivity index (χ1) is 5.24. The summed E-state index contributed by atoms with van der Waals surface area (Å²) >= 11 is 0. The highest BCUT2D eigenvalue weighted by Gasteiger charge is 2.22. The van der Waals surface area contributed by atoms with Gasteiger partial charge in [-0.15, -0.1) is 0 Å². The van der Waals surface area contributed by atoms with Crippen molar-refractivity contribution >= 4 is 11.8 Å². The average molecular weight is 154 g/mol. The molecule has 0 bridgehead atoms. The molecule has 1 unspecified atom stereocenters. The molecule has 1 aliphatic carbocycles. The number of allylic oxidation sites excluding steroid dienone is 2. The van der Waals surface area contributed by atoms with E-state index < -0.39 is 0 Å². The lowest BCUT2D eigenvalue weighted by atomic mass is 10.0. The molecule has 3 nitrogen and oxygen atoms in total. The molecule has 0 aliphatic heterocycles. The van der Waals surface area contributed by atoms with Crippen LogP contribution in [-0.4, -0.2) is 18.9 Å². The highest BCUT2D eigenvalue weighted by Crippen LogP contribution is 2.18. The summed E-state index contributed by atoms with van der Waals surface area (Å²) in [4.78, 5) is 21.6. The zero-order chi connectivity index (χ0) is 8.27. The zero-order valence-electron chi connectivity index (χ0n) is 6.37. The quantitative estimate of drug-likeness (QED) is 0.550. The van der Waals surface area contributed by atoms with Crippen molar-refractivity contribution < 1.29 is 14.3 Å². The lowest BCUT2D eigenvalue weighted by molar-refractivity contribution is -0.143. The van der Waals surface area contributed by atoms with E-state index in [1.165, 1.54) is 13.2 Å². The third-order valence-corrected chi connectivity index (χ3v) is 1.75. The van der Waals surface area contributed by atoms with Crippen LogP contribution >= 0.6 is 0 Å². The van der Waals surface area contributed by atoms with Crippen LogP contribution in [0.25, 0.3) is 0 Å². The minimum absolute atomic E-state index is 0.0374. The molecule has 0 saturated carbocycles. The molecule has 0 spiro atoms. The average Bonchev–Trinajstić information content (AvgIpc) is 2.37. The Kier molecular flexibility index (Phi) is 2.41. The fourth-order valence-corrected chi connectivity index (χ4v) is 1.07. The van der Waals surface area contributed by atoms with E-state index >= 15 is 0 Å². The number of methoxy groups -OCH3 is 1. The van der Waals surface area contributed by atoms with Gasteiger partial charge in [0.1, 0.15) is 0 Å². The molecule has 0 amide bonds. The fourth-order valence-electron chi connectivity index (χ4n) is 1.07. The Morgan fingerprint density at radius 2 is 2.55 bits per heavy atom. The number of ether oxygens (including phenoxy) is 1. The second-order valence-electron chi connectivity index (χ2n) is 2.52. The van der Waals surface area contributed by atoms with E-state index in [0.29, 0.717) is 6.42 Å². The van der Waals surface area contributed by atoms with E-state index in [1.54, 1.807) is 6.08 Å². The SMILES string of the molecule is COC(=O)CC1CC=CC1=O. The number of hydrogen-bond donors (Lipinski definition) is 0. The summed E-state index contributed by atoms with van der Waals surface area (Å²) < 4.78 is 4.44. The van der Waals surface area contributed by atoms with Gasteiger partial charge in [0.15, 0.2) is 5.78 Å². The molecule has 1 aliphatic rings. The van der Waals surface area contributed by atoms with E-state index in [9.17, 15) is 9.59 Å². The predicted molar refractivity (Wildman–Crippen MR) is 38.9 cm³/mol. The highest BCUT2D eigenvalue weighted by molar-refractivity contribution is 5.96. The summed E-state index contributed by atoms with van der Waals surface area (Å²) in [5.74, 6) is -0.440. The largest absolute Gasteiger partial charge is 0.469 e. The summed E-state index contributed by atoms with van der Waals surface area (Å²) in [6.07, 6.45) is 4.19. The molecule has 0 N–H and O–H groups in total. The molecular weight excluding hydrogens is 144 g/mol. The second-order valence-corrected chi connectivity index (χ2v) is 2.52. The van der Waals surface area contributed by atoms with Gasteiger partial charge in [-0.05, 0) is 12.5 Å². The summed E-state index contributed by atoms with van der Waals surface area (Å²) in [6.45, 7) is 0. The number of esters is 1. The third-order valence-electron chi connectivity index (χ3n) is 1.75. The highest BCUT2D eigenvalue weighted by atomic mass is 16.5. The fraction of sp³-hybridized carbons (Fsp3) is 0.500. The molecule has 0 aromatic rings. The van der Waals surface area contributed by atoms with Crippen LogP contribution in [-0.2, 0) is 14.3 Å². The van der Waals surface area contributed by atoms with Gasteiger partial charge in [0.2, 0.25) is 0 Å². The van der Waals surface area contributed by atoms with Crippen molar-refractivity contribution in [3.8, 4) is 0 Å². The first-order valence-electron chi connectivity index (χ1n) is 3.51. The van der Waals surface area contributed by atoms with Gasteiger partial charge in [-0.2, -0.15) is 0 Å². The van der Waals surface area contributed by atoms with Crippen molar-refractivity contribution in [2.75, 3.05) is 7.11 Å². The molecule has 1 atom stereocenters. The molecule has 0 saturated heterocycles. The van der Waals surface area contributed by atoms with Crippen molar-refractivity contribution in [2.45, 2.75) is 12.8 Å². The van der Waals surface area contributed by atoms with Gasteiger partial charge in [-0.3, -0.25) is 9.59 Å². The van der Waals surface area contributed by atoms with E-state index in [2.05, 4.69) is 4.74 Å². The number of hydrogen-bond acceptors (Lipinski definition) is 3. The van der Waals surface area contributed by atoms with Gasteiger partial charge in [0.25, 0.3) is 0 Å². The molecule has 0 fully saturated rings. The molecule has 0 heterocycles. The number of ketones is 1. The van der Waals surface area contributed by atoms with E-state index in [0.717, 1.165) is 0 Å². The van der Waals surface area contributed by atoms with Crippen LogP contribution in [0.3, 0.4) is 0 Å². The molecule has 3 heteroatoms. The van der Waals surface area contributed by atoms with Crippen molar-refractivity contribution in [3.05, 3.63) is 12.2 Å². The Labute approximate surface area is 65.0 Å². The maximum Gasteiger partial charge on any atom is 0.306 e. The van der Waals surface area contributed by atoms with Crippen molar-refractivity contribution in [1.82, 2.24) is 0 Å². The van der Waals surface area contributed by atoms with Crippen LogP contribution < -0.4 is 0 Å². The lowest BCUT2D eigenvalue weighted by Gasteiger charge is -2.04. The van der Waals surface area contributed by atoms with Crippen LogP contribution in [0.1, 0.15) is 12.8 Å². The summed E-state index contributed by atoms with van der Waals surface area (Å²) in [6, 6.07) is 0. The maximum atomic E-state index is 10.9. The Morgan fingerprint density at radius 1 is 1.82 bits per heavy atom. The molecule has 0 aromatic carbocycles. The predicted octanol–water partition coefficient (Wildman–Crippen LogP) is 0.695. The first kappa shape index (κ1) is 7.98. The van der Waals surface area contributed by atoms with Gasteiger partial charge < -0.3 is 4.74 Å². The van der Waals surface area contributed by atoms with Crippen molar-refractivity contribution in [3.63, 3.8) is 0 Å². The van der Waals surface area contributed by atoms with E-state index in [1.807, 2.05) is 0 Å². The number of carbonyl (C=O) groups excluding carboxylic acids is 2. The maximum absolute atomic E-state index is 10.9. The Morgan fingerprint density at radius 3 is 3.00 bits per heavy atom. The van der Waals surface area contributed by atoms with Crippen LogP contribution in [0, 0.1) is 5.92 Å². The van der Waals surface area contributed by atoms with E-state index in [-0.39, 0.29) is 24.1 Å². The minimum atomic E-state index is -0.313. The summed E-state index contributed by atoms with van der Waals surface area (Å²) in [5.41, 5.74) is 0. The Hall–Kier alpha value is -1.12. The lowest BCUT2D eigenvalue weighted by Crippen LogP contribution is -2.13. The Balaban J connectivity index is 2.39. The third kappa shape index (κ3) is 1.90. The minimum Gasteiger partial charge on any atom is -0.469 e. The number of carbonyl (C=O) groups is 2. The molecule has 0 radical (unpaired) electrons. The van der Waals surface area contributed by atoms with Gasteiger partial charge >= 0.3 is 5.97 Å². The van der Waals surface area contributed by atoms with E-state index in [4.69, 9.17) is 0 Å². The Bertz CT molecular complexity index is 205. The van der Waals surface area contributed by atoms with Crippen LogP contribution in [0.2, 0.25) is 0 Å². The van der Waals surface area contributed by atoms with Crippen molar-refractivity contribution in [2.24, 2.45) is 5.92 Å². The summed E-state index contributed by atoms with van der Waals surface area (Å²) in [7, 11) is 1.33. The first-order valence-corrected chi connectivity index (χ1v) is 3.51. The topological polar surface area (TPSA) is 43.4 Å². The smallest absolute Gasteiger partial charge is 0.306 e. The molecule has 0 aromatic heterocycles. The summed E-state index contributed by atoms with van der Waals surface area (Å²) in [5, 5.41) is 0. The molecule has 11 heavy (non-hydrogen) atoms. The van der Waals surface area contributed by atoms with Crippen LogP contribution in [0.4, 0.5) is 0 Å². The van der Waals surface area contributed by atoms with Gasteiger partial charge in [-0.25, -0.2) is 0 Å². The standard InChI is InChI=1S/C8H10O3/c1-11-8(10)5-6-3-2-4-7(6)9/h2,4,6H,3,5H2,1H3. The molecular formula is C8H10O3. The van der Waals surface area contributed by atoms with Gasteiger partial charge in [0, 0.05) is 5.92 Å². The van der Waals surface area contributed by atoms with Gasteiger partial charge in [0.05, 0.1) is 13.5 Å². The normalized spacial score (nSPS) is 22.3. The van der Waals surface area contributed by atoms with Crippen molar-refractivity contribution in [1.29, 1.82) is 0 Å². The second kappa shape index (κ2) is 3.32. The number of rotatable bonds is 2. The van der Waals surface area contributed by atoms with Gasteiger partial charge in [-0.1, -0.05) is 6.08 Å². The monoisotopic (exact) mass is 154 g/mol. The van der Waals surface area contributed by atoms with Crippen LogP contribution in [0.15, 0.2) is 12.2 Å². The molecule has 60 valence electrons.